The van der Waals surface area contributed by atoms with Gasteiger partial charge in [0, 0.05) is 30.3 Å². The standard InChI is InChI=1S/C19H22N4O3S/c1-26-15-5-3-2-4-13(15)20-17(24)11-23-9-8-14-16(10-23)27-19(21-14)22-18(25)12-6-7-12/h2-5,12H,6-11H2,1H3,(H,20,24)(H,21,22,25). The van der Waals surface area contributed by atoms with Crippen LogP contribution in [-0.4, -0.2) is 41.9 Å². The van der Waals surface area contributed by atoms with E-state index in [9.17, 15) is 9.59 Å². The average Bonchev–Trinajstić information content (AvgIpc) is 3.43. The molecule has 1 saturated carbocycles. The number of nitrogens with one attached hydrogen (secondary N) is 2. The van der Waals surface area contributed by atoms with Crippen molar-refractivity contribution >= 4 is 34.0 Å². The number of aromatic nitrogens is 1. The molecule has 2 aliphatic rings. The number of rotatable bonds is 6. The molecule has 7 nitrogen and oxygen atoms in total. The zero-order valence-electron chi connectivity index (χ0n) is 15.2. The fraction of sp³-hybridized carbons (Fsp3) is 0.421. The van der Waals surface area contributed by atoms with Crippen LogP contribution < -0.4 is 15.4 Å². The van der Waals surface area contributed by atoms with E-state index in [-0.39, 0.29) is 17.7 Å². The molecule has 1 aliphatic heterocycles. The van der Waals surface area contributed by atoms with E-state index in [2.05, 4.69) is 20.5 Å². The van der Waals surface area contributed by atoms with E-state index in [1.807, 2.05) is 24.3 Å². The van der Waals surface area contributed by atoms with E-state index in [4.69, 9.17) is 4.74 Å². The topological polar surface area (TPSA) is 83.6 Å². The van der Waals surface area contributed by atoms with Gasteiger partial charge in [-0.1, -0.05) is 12.1 Å². The number of benzene rings is 1. The van der Waals surface area contributed by atoms with Gasteiger partial charge in [-0.3, -0.25) is 14.5 Å². The van der Waals surface area contributed by atoms with Crippen molar-refractivity contribution in [3.8, 4) is 5.75 Å². The molecule has 8 heteroatoms. The third kappa shape index (κ3) is 4.28. The fourth-order valence-electron chi connectivity index (χ4n) is 3.13. The molecule has 0 atom stereocenters. The molecule has 2 N–H and O–H groups in total. The number of fused-ring (bicyclic) bond motifs is 1. The third-order valence-electron chi connectivity index (χ3n) is 4.74. The molecule has 1 aliphatic carbocycles. The number of carbonyl (C=O) groups excluding carboxylic acids is 2. The Labute approximate surface area is 161 Å². The second-order valence-electron chi connectivity index (χ2n) is 6.86. The van der Waals surface area contributed by atoms with Crippen LogP contribution >= 0.6 is 11.3 Å². The maximum absolute atomic E-state index is 12.4. The summed E-state index contributed by atoms with van der Waals surface area (Å²) in [5.41, 5.74) is 1.71. The summed E-state index contributed by atoms with van der Waals surface area (Å²) in [5, 5.41) is 6.51. The van der Waals surface area contributed by atoms with Gasteiger partial charge in [-0.15, -0.1) is 11.3 Å². The Hall–Kier alpha value is -2.45. The molecule has 1 fully saturated rings. The van der Waals surface area contributed by atoms with Crippen LogP contribution in [0.25, 0.3) is 0 Å². The van der Waals surface area contributed by atoms with Crippen LogP contribution in [0.5, 0.6) is 5.75 Å². The molecular formula is C19H22N4O3S. The second kappa shape index (κ2) is 7.66. The minimum atomic E-state index is -0.0743. The normalized spacial score (nSPS) is 16.5. The van der Waals surface area contributed by atoms with E-state index in [1.54, 1.807) is 7.11 Å². The van der Waals surface area contributed by atoms with Crippen LogP contribution in [0, 0.1) is 5.92 Å². The number of anilines is 2. The summed E-state index contributed by atoms with van der Waals surface area (Å²) in [6, 6.07) is 7.37. The molecule has 0 saturated heterocycles. The maximum Gasteiger partial charge on any atom is 0.238 e. The van der Waals surface area contributed by atoms with Crippen LogP contribution in [0.3, 0.4) is 0 Å². The fourth-order valence-corrected chi connectivity index (χ4v) is 4.18. The summed E-state index contributed by atoms with van der Waals surface area (Å²) >= 11 is 1.51. The lowest BCUT2D eigenvalue weighted by molar-refractivity contribution is -0.118. The molecule has 0 spiro atoms. The van der Waals surface area contributed by atoms with Crippen molar-refractivity contribution in [2.24, 2.45) is 5.92 Å². The van der Waals surface area contributed by atoms with Crippen LogP contribution in [0.2, 0.25) is 0 Å². The van der Waals surface area contributed by atoms with Crippen molar-refractivity contribution in [2.75, 3.05) is 30.8 Å². The van der Waals surface area contributed by atoms with Gasteiger partial charge in [0.15, 0.2) is 5.13 Å². The van der Waals surface area contributed by atoms with Crippen LogP contribution in [0.1, 0.15) is 23.4 Å². The van der Waals surface area contributed by atoms with Crippen LogP contribution in [0.15, 0.2) is 24.3 Å². The summed E-state index contributed by atoms with van der Waals surface area (Å²) in [6.45, 7) is 1.75. The molecule has 2 amide bonds. The molecule has 2 heterocycles. The summed E-state index contributed by atoms with van der Waals surface area (Å²) in [7, 11) is 1.58. The monoisotopic (exact) mass is 386 g/mol. The van der Waals surface area contributed by atoms with Crippen molar-refractivity contribution in [3.63, 3.8) is 0 Å². The molecule has 4 rings (SSSR count). The van der Waals surface area contributed by atoms with Crippen molar-refractivity contribution in [1.29, 1.82) is 0 Å². The van der Waals surface area contributed by atoms with E-state index in [0.29, 0.717) is 29.7 Å². The largest absolute Gasteiger partial charge is 0.495 e. The highest BCUT2D eigenvalue weighted by molar-refractivity contribution is 7.15. The highest BCUT2D eigenvalue weighted by Crippen LogP contribution is 2.33. The third-order valence-corrected chi connectivity index (χ3v) is 5.73. The second-order valence-corrected chi connectivity index (χ2v) is 7.95. The Morgan fingerprint density at radius 2 is 2.11 bits per heavy atom. The summed E-state index contributed by atoms with van der Waals surface area (Å²) in [6.07, 6.45) is 2.74. The van der Waals surface area contributed by atoms with E-state index < -0.39 is 0 Å². The number of nitrogens with zero attached hydrogens (tertiary/aromatic N) is 2. The number of amides is 2. The maximum atomic E-state index is 12.4. The van der Waals surface area contributed by atoms with Crippen molar-refractivity contribution in [2.45, 2.75) is 25.8 Å². The first-order valence-electron chi connectivity index (χ1n) is 9.07. The Bertz CT molecular complexity index is 862. The Morgan fingerprint density at radius 3 is 2.89 bits per heavy atom. The molecule has 142 valence electrons. The summed E-state index contributed by atoms with van der Waals surface area (Å²) < 4.78 is 5.27. The van der Waals surface area contributed by atoms with Gasteiger partial charge in [0.1, 0.15) is 5.75 Å². The Balaban J connectivity index is 1.34. The first kappa shape index (κ1) is 17.9. The SMILES string of the molecule is COc1ccccc1NC(=O)CN1CCc2nc(NC(=O)C3CC3)sc2C1. The predicted molar refractivity (Wildman–Crippen MR) is 104 cm³/mol. The Kier molecular flexibility index (Phi) is 5.09. The van der Waals surface area contributed by atoms with Gasteiger partial charge in [-0.05, 0) is 25.0 Å². The minimum absolute atomic E-state index is 0.0743. The zero-order chi connectivity index (χ0) is 18.8. The number of hydrogen-bond donors (Lipinski definition) is 2. The number of hydrogen-bond acceptors (Lipinski definition) is 6. The molecule has 2 aromatic rings. The van der Waals surface area contributed by atoms with E-state index in [1.165, 1.54) is 11.3 Å². The van der Waals surface area contributed by atoms with Gasteiger partial charge in [-0.25, -0.2) is 4.98 Å². The highest BCUT2D eigenvalue weighted by atomic mass is 32.1. The molecule has 0 unspecified atom stereocenters. The predicted octanol–water partition coefficient (Wildman–Crippen LogP) is 2.50. The van der Waals surface area contributed by atoms with Crippen molar-refractivity contribution in [1.82, 2.24) is 9.88 Å². The lowest BCUT2D eigenvalue weighted by Crippen LogP contribution is -2.36. The van der Waals surface area contributed by atoms with Gasteiger partial charge in [0.2, 0.25) is 11.8 Å². The van der Waals surface area contributed by atoms with E-state index >= 15 is 0 Å². The van der Waals surface area contributed by atoms with Crippen LogP contribution in [-0.2, 0) is 22.6 Å². The number of carbonyl (C=O) groups is 2. The highest BCUT2D eigenvalue weighted by Gasteiger charge is 2.31. The Morgan fingerprint density at radius 1 is 1.30 bits per heavy atom. The van der Waals surface area contributed by atoms with Gasteiger partial charge >= 0.3 is 0 Å². The molecule has 1 aromatic heterocycles. The van der Waals surface area contributed by atoms with Gasteiger partial charge < -0.3 is 15.4 Å². The number of methoxy groups -OCH3 is 1. The molecular weight excluding hydrogens is 364 g/mol. The average molecular weight is 386 g/mol. The minimum Gasteiger partial charge on any atom is -0.495 e. The lowest BCUT2D eigenvalue weighted by atomic mass is 10.2. The molecule has 0 bridgehead atoms. The first-order valence-corrected chi connectivity index (χ1v) is 9.88. The first-order chi connectivity index (χ1) is 13.1. The number of ether oxygens (including phenoxy) is 1. The summed E-state index contributed by atoms with van der Waals surface area (Å²) in [4.78, 5) is 32.1. The molecule has 1 aromatic carbocycles. The quantitative estimate of drug-likeness (QED) is 0.797. The van der Waals surface area contributed by atoms with Gasteiger partial charge in [0.25, 0.3) is 0 Å². The lowest BCUT2D eigenvalue weighted by Gasteiger charge is -2.25. The van der Waals surface area contributed by atoms with Crippen molar-refractivity contribution < 1.29 is 14.3 Å². The molecule has 0 radical (unpaired) electrons. The molecule has 27 heavy (non-hydrogen) atoms. The van der Waals surface area contributed by atoms with Gasteiger partial charge in [0.05, 0.1) is 25.0 Å². The van der Waals surface area contributed by atoms with Crippen molar-refractivity contribution in [3.05, 3.63) is 34.8 Å². The summed E-state index contributed by atoms with van der Waals surface area (Å²) in [5.74, 6) is 0.815. The van der Waals surface area contributed by atoms with E-state index in [0.717, 1.165) is 36.4 Å². The van der Waals surface area contributed by atoms with Crippen LogP contribution in [0.4, 0.5) is 10.8 Å². The number of thiazole rings is 1. The van der Waals surface area contributed by atoms with Gasteiger partial charge in [-0.2, -0.15) is 0 Å². The smallest absolute Gasteiger partial charge is 0.238 e. The zero-order valence-corrected chi connectivity index (χ0v) is 16.0. The number of para-hydroxylation sites is 2.